The zero-order valence-electron chi connectivity index (χ0n) is 13.9. The van der Waals surface area contributed by atoms with Gasteiger partial charge >= 0.3 is 0 Å². The molecule has 0 atom stereocenters. The van der Waals surface area contributed by atoms with Crippen LogP contribution < -0.4 is 14.5 Å². The summed E-state index contributed by atoms with van der Waals surface area (Å²) in [6.45, 7) is 2.42. The number of halogens is 1. The van der Waals surface area contributed by atoms with Crippen molar-refractivity contribution in [3.63, 3.8) is 0 Å². The average molecular weight is 332 g/mol. The minimum absolute atomic E-state index is 0.364. The van der Waals surface area contributed by atoms with Crippen molar-refractivity contribution in [1.82, 2.24) is 19.9 Å². The van der Waals surface area contributed by atoms with E-state index in [1.807, 2.05) is 11.9 Å². The van der Waals surface area contributed by atoms with E-state index in [1.165, 1.54) is 12.5 Å². The van der Waals surface area contributed by atoms with Crippen molar-refractivity contribution in [3.8, 4) is 5.88 Å². The molecule has 2 aromatic heterocycles. The third kappa shape index (κ3) is 3.52. The van der Waals surface area contributed by atoms with Gasteiger partial charge in [-0.3, -0.25) is 0 Å². The lowest BCUT2D eigenvalue weighted by molar-refractivity contribution is 0.385. The second kappa shape index (κ2) is 7.37. The molecule has 2 aromatic rings. The Bertz CT molecular complexity index is 677. The lowest BCUT2D eigenvalue weighted by Gasteiger charge is -2.34. The van der Waals surface area contributed by atoms with E-state index in [2.05, 4.69) is 24.8 Å². The van der Waals surface area contributed by atoms with Gasteiger partial charge < -0.3 is 14.5 Å². The normalized spacial score (nSPS) is 15.4. The molecule has 1 saturated heterocycles. The number of methoxy groups -OCH3 is 1. The Balaban J connectivity index is 1.58. The first-order chi connectivity index (χ1) is 11.7. The Morgan fingerprint density at radius 1 is 1.25 bits per heavy atom. The second-order valence-electron chi connectivity index (χ2n) is 5.89. The van der Waals surface area contributed by atoms with Crippen molar-refractivity contribution in [1.29, 1.82) is 0 Å². The van der Waals surface area contributed by atoms with E-state index in [1.54, 1.807) is 19.5 Å². The lowest BCUT2D eigenvalue weighted by Crippen LogP contribution is -2.39. The van der Waals surface area contributed by atoms with Gasteiger partial charge in [-0.1, -0.05) is 0 Å². The molecule has 3 heterocycles. The van der Waals surface area contributed by atoms with E-state index < -0.39 is 0 Å². The number of hydrogen-bond donors (Lipinski definition) is 0. The van der Waals surface area contributed by atoms with E-state index in [0.717, 1.165) is 38.3 Å². The third-order valence-corrected chi connectivity index (χ3v) is 4.30. The molecule has 1 aliphatic heterocycles. The topological polar surface area (TPSA) is 67.3 Å². The van der Waals surface area contributed by atoms with Crippen LogP contribution in [0.4, 0.5) is 16.0 Å². The van der Waals surface area contributed by atoms with E-state index in [0.29, 0.717) is 17.6 Å². The summed E-state index contributed by atoms with van der Waals surface area (Å²) in [6, 6.07) is 0. The van der Waals surface area contributed by atoms with Gasteiger partial charge in [0.15, 0.2) is 17.5 Å². The molecule has 0 spiro atoms. The summed E-state index contributed by atoms with van der Waals surface area (Å²) in [6.07, 6.45) is 7.81. The van der Waals surface area contributed by atoms with E-state index >= 15 is 0 Å². The number of nitrogens with zero attached hydrogens (tertiary/aromatic N) is 6. The zero-order valence-corrected chi connectivity index (χ0v) is 13.9. The number of piperidine rings is 1. The van der Waals surface area contributed by atoms with E-state index in [-0.39, 0.29) is 5.82 Å². The maximum atomic E-state index is 13.8. The number of rotatable bonds is 5. The number of hydrogen-bond acceptors (Lipinski definition) is 7. The van der Waals surface area contributed by atoms with E-state index in [9.17, 15) is 4.39 Å². The van der Waals surface area contributed by atoms with Crippen molar-refractivity contribution in [2.24, 2.45) is 5.92 Å². The van der Waals surface area contributed by atoms with Gasteiger partial charge in [-0.05, 0) is 18.8 Å². The molecule has 3 rings (SSSR count). The zero-order chi connectivity index (χ0) is 16.9. The fraction of sp³-hybridized carbons (Fsp3) is 0.500. The van der Waals surface area contributed by atoms with Crippen LogP contribution in [0, 0.1) is 11.7 Å². The van der Waals surface area contributed by atoms with Gasteiger partial charge in [0.2, 0.25) is 0 Å². The highest BCUT2D eigenvalue weighted by atomic mass is 19.1. The van der Waals surface area contributed by atoms with Gasteiger partial charge in [-0.15, -0.1) is 0 Å². The van der Waals surface area contributed by atoms with Crippen molar-refractivity contribution in [2.75, 3.05) is 43.6 Å². The maximum Gasteiger partial charge on any atom is 0.257 e. The number of ether oxygens (including phenoxy) is 1. The Hall–Kier alpha value is -2.51. The van der Waals surface area contributed by atoms with Crippen LogP contribution in [0.5, 0.6) is 5.88 Å². The molecule has 0 aliphatic carbocycles. The largest absolute Gasteiger partial charge is 0.478 e. The molecule has 0 radical (unpaired) electrons. The highest BCUT2D eigenvalue weighted by molar-refractivity contribution is 5.47. The molecule has 24 heavy (non-hydrogen) atoms. The number of aromatic nitrogens is 4. The summed E-state index contributed by atoms with van der Waals surface area (Å²) in [5.41, 5.74) is 0. The highest BCUT2D eigenvalue weighted by Crippen LogP contribution is 2.26. The predicted molar refractivity (Wildman–Crippen MR) is 88.8 cm³/mol. The molecular formula is C16H21FN6O. The molecule has 1 fully saturated rings. The molecule has 0 saturated carbocycles. The fourth-order valence-corrected chi connectivity index (χ4v) is 3.06. The molecule has 0 amide bonds. The third-order valence-electron chi connectivity index (χ3n) is 4.30. The Labute approximate surface area is 140 Å². The predicted octanol–water partition coefficient (Wildman–Crippen LogP) is 1.77. The van der Waals surface area contributed by atoms with Crippen molar-refractivity contribution in [3.05, 3.63) is 30.7 Å². The Morgan fingerprint density at radius 2 is 2.00 bits per heavy atom. The van der Waals surface area contributed by atoms with Crippen molar-refractivity contribution < 1.29 is 9.13 Å². The molecule has 0 bridgehead atoms. The van der Waals surface area contributed by atoms with Gasteiger partial charge in [0, 0.05) is 39.1 Å². The monoisotopic (exact) mass is 332 g/mol. The van der Waals surface area contributed by atoms with Crippen LogP contribution in [0.2, 0.25) is 0 Å². The van der Waals surface area contributed by atoms with E-state index in [4.69, 9.17) is 4.74 Å². The molecule has 8 heteroatoms. The molecule has 0 aromatic carbocycles. The molecule has 0 unspecified atom stereocenters. The second-order valence-corrected chi connectivity index (χ2v) is 5.89. The number of anilines is 2. The molecule has 7 nitrogen and oxygen atoms in total. The first kappa shape index (κ1) is 16.4. The van der Waals surface area contributed by atoms with Gasteiger partial charge in [-0.2, -0.15) is 0 Å². The summed E-state index contributed by atoms with van der Waals surface area (Å²) in [5.74, 6) is 1.80. The average Bonchev–Trinajstić information content (AvgIpc) is 2.63. The standard InChI is InChI=1S/C16H21FN6O/c1-22(15-16(24-2)20-6-5-19-15)10-12-3-7-23(8-4-12)14-13(17)9-18-11-21-14/h5-6,9,11-12H,3-4,7-8,10H2,1-2H3. The first-order valence-electron chi connectivity index (χ1n) is 7.95. The first-order valence-corrected chi connectivity index (χ1v) is 7.95. The SMILES string of the molecule is COc1nccnc1N(C)CC1CCN(c2ncncc2F)CC1. The Morgan fingerprint density at radius 3 is 2.71 bits per heavy atom. The van der Waals surface area contributed by atoms with Gasteiger partial charge in [-0.25, -0.2) is 24.3 Å². The molecule has 0 N–H and O–H groups in total. The molecular weight excluding hydrogens is 311 g/mol. The maximum absolute atomic E-state index is 13.8. The summed E-state index contributed by atoms with van der Waals surface area (Å²) in [4.78, 5) is 20.3. The minimum Gasteiger partial charge on any atom is -0.478 e. The molecule has 128 valence electrons. The van der Waals surface area contributed by atoms with Gasteiger partial charge in [0.25, 0.3) is 5.88 Å². The summed E-state index contributed by atoms with van der Waals surface area (Å²) in [7, 11) is 3.58. The van der Waals surface area contributed by atoms with Crippen LogP contribution in [0.25, 0.3) is 0 Å². The van der Waals surface area contributed by atoms with Crippen LogP contribution in [-0.4, -0.2) is 53.7 Å². The van der Waals surface area contributed by atoms with Gasteiger partial charge in [0.05, 0.1) is 13.3 Å². The van der Waals surface area contributed by atoms with Crippen molar-refractivity contribution in [2.45, 2.75) is 12.8 Å². The van der Waals surface area contributed by atoms with Crippen LogP contribution in [-0.2, 0) is 0 Å². The Kier molecular flexibility index (Phi) is 5.02. The quantitative estimate of drug-likeness (QED) is 0.826. The minimum atomic E-state index is -0.364. The van der Waals surface area contributed by atoms with Gasteiger partial charge in [0.1, 0.15) is 6.33 Å². The highest BCUT2D eigenvalue weighted by Gasteiger charge is 2.24. The summed E-state index contributed by atoms with van der Waals surface area (Å²) in [5, 5.41) is 0. The van der Waals surface area contributed by atoms with Crippen LogP contribution in [0.1, 0.15) is 12.8 Å². The summed E-state index contributed by atoms with van der Waals surface area (Å²) >= 11 is 0. The van der Waals surface area contributed by atoms with Crippen LogP contribution in [0.3, 0.4) is 0 Å². The fourth-order valence-electron chi connectivity index (χ4n) is 3.06. The smallest absolute Gasteiger partial charge is 0.257 e. The van der Waals surface area contributed by atoms with Crippen LogP contribution in [0.15, 0.2) is 24.9 Å². The van der Waals surface area contributed by atoms with Crippen molar-refractivity contribution >= 4 is 11.6 Å². The van der Waals surface area contributed by atoms with Crippen LogP contribution >= 0.6 is 0 Å². The summed E-state index contributed by atoms with van der Waals surface area (Å²) < 4.78 is 19.0. The lowest BCUT2D eigenvalue weighted by atomic mass is 9.96. The molecule has 1 aliphatic rings.